The lowest BCUT2D eigenvalue weighted by atomic mass is 10.1. The largest absolute Gasteiger partial charge is 0.478 e. The van der Waals surface area contributed by atoms with E-state index in [1.54, 1.807) is 12.1 Å². The fourth-order valence-electron chi connectivity index (χ4n) is 1.30. The predicted molar refractivity (Wildman–Crippen MR) is 48.1 cm³/mol. The van der Waals surface area contributed by atoms with Gasteiger partial charge in [0.2, 0.25) is 6.10 Å². The minimum absolute atomic E-state index is 0.569. The number of aliphatic carboxylic acids is 1. The summed E-state index contributed by atoms with van der Waals surface area (Å²) in [5.74, 6) is -1.14. The molecule has 1 amide bonds. The molecule has 5 nitrogen and oxygen atoms in total. The Hall–Kier alpha value is -1.56. The monoisotopic (exact) mass is 213 g/mol. The van der Waals surface area contributed by atoms with Crippen LogP contribution in [0.5, 0.6) is 0 Å². The Balaban J connectivity index is 2.26. The lowest BCUT2D eigenvalue weighted by Gasteiger charge is -2.10. The van der Waals surface area contributed by atoms with E-state index in [-0.39, 0.29) is 0 Å². The summed E-state index contributed by atoms with van der Waals surface area (Å²) in [5.41, 5.74) is 0. The molecule has 2 unspecified atom stereocenters. The fourth-order valence-corrected chi connectivity index (χ4v) is 2.10. The zero-order valence-corrected chi connectivity index (χ0v) is 7.78. The van der Waals surface area contributed by atoms with E-state index in [2.05, 4.69) is 10.1 Å². The van der Waals surface area contributed by atoms with E-state index in [1.165, 1.54) is 11.3 Å². The van der Waals surface area contributed by atoms with Crippen LogP contribution in [0.25, 0.3) is 0 Å². The third-order valence-electron chi connectivity index (χ3n) is 1.90. The van der Waals surface area contributed by atoms with Crippen molar-refractivity contribution in [3.63, 3.8) is 0 Å². The van der Waals surface area contributed by atoms with Gasteiger partial charge in [-0.15, -0.1) is 11.3 Å². The van der Waals surface area contributed by atoms with Crippen LogP contribution in [0.15, 0.2) is 17.5 Å². The third kappa shape index (κ3) is 1.44. The number of cyclic esters (lactones) is 1. The number of carbonyl (C=O) groups excluding carboxylic acids is 1. The first-order chi connectivity index (χ1) is 6.68. The second kappa shape index (κ2) is 3.30. The van der Waals surface area contributed by atoms with E-state index in [1.807, 2.05) is 5.38 Å². The van der Waals surface area contributed by atoms with Crippen molar-refractivity contribution in [1.82, 2.24) is 5.32 Å². The number of carboxylic acid groups (broad SMARTS) is 1. The number of carbonyl (C=O) groups is 2. The van der Waals surface area contributed by atoms with Gasteiger partial charge in [0.1, 0.15) is 6.04 Å². The van der Waals surface area contributed by atoms with Gasteiger partial charge in [-0.25, -0.2) is 9.59 Å². The maximum atomic E-state index is 10.9. The molecule has 0 radical (unpaired) electrons. The molecule has 0 saturated carbocycles. The number of ether oxygens (including phenoxy) is 1. The zero-order chi connectivity index (χ0) is 10.1. The van der Waals surface area contributed by atoms with Gasteiger partial charge >= 0.3 is 12.1 Å². The lowest BCUT2D eigenvalue weighted by molar-refractivity contribution is -0.146. The molecule has 0 aliphatic carbocycles. The zero-order valence-electron chi connectivity index (χ0n) is 6.97. The van der Waals surface area contributed by atoms with Gasteiger partial charge in [-0.05, 0) is 11.4 Å². The summed E-state index contributed by atoms with van der Waals surface area (Å²) >= 11 is 1.39. The standard InChI is InChI=1S/C8H7NO4S/c10-7(11)6-5(9-8(12)13-6)4-2-1-3-14-4/h1-3,5-6H,(H,9,12)(H,10,11). The Labute approximate surface area is 83.3 Å². The molecule has 1 aliphatic rings. The van der Waals surface area contributed by atoms with Crippen LogP contribution in [0.1, 0.15) is 10.9 Å². The number of nitrogens with one attached hydrogen (secondary N) is 1. The lowest BCUT2D eigenvalue weighted by Crippen LogP contribution is -2.28. The number of alkyl carbamates (subject to hydrolysis) is 1. The Morgan fingerprint density at radius 3 is 3.00 bits per heavy atom. The van der Waals surface area contributed by atoms with Crippen molar-refractivity contribution in [3.8, 4) is 0 Å². The summed E-state index contributed by atoms with van der Waals surface area (Å²) < 4.78 is 4.62. The van der Waals surface area contributed by atoms with Gasteiger partial charge in [0.25, 0.3) is 0 Å². The predicted octanol–water partition coefficient (Wildman–Crippen LogP) is 0.982. The molecule has 1 aromatic heterocycles. The molecule has 14 heavy (non-hydrogen) atoms. The quantitative estimate of drug-likeness (QED) is 0.767. The summed E-state index contributed by atoms with van der Waals surface area (Å²) in [6, 6.07) is 2.99. The minimum atomic E-state index is -1.14. The van der Waals surface area contributed by atoms with E-state index in [0.717, 1.165) is 4.88 Å². The van der Waals surface area contributed by atoms with Crippen molar-refractivity contribution in [2.24, 2.45) is 0 Å². The second-order valence-corrected chi connectivity index (χ2v) is 3.78. The molecule has 1 fully saturated rings. The number of carboxylic acids is 1. The second-order valence-electron chi connectivity index (χ2n) is 2.80. The highest BCUT2D eigenvalue weighted by atomic mass is 32.1. The normalized spacial score (nSPS) is 25.6. The molecule has 2 atom stereocenters. The van der Waals surface area contributed by atoms with Crippen LogP contribution in [0.3, 0.4) is 0 Å². The van der Waals surface area contributed by atoms with Gasteiger partial charge in [-0.2, -0.15) is 0 Å². The number of thiophene rings is 1. The molecule has 1 saturated heterocycles. The summed E-state index contributed by atoms with van der Waals surface area (Å²) in [6.45, 7) is 0. The Kier molecular flexibility index (Phi) is 2.12. The van der Waals surface area contributed by atoms with Crippen LogP contribution in [-0.2, 0) is 9.53 Å². The van der Waals surface area contributed by atoms with E-state index in [4.69, 9.17) is 5.11 Å². The minimum Gasteiger partial charge on any atom is -0.478 e. The van der Waals surface area contributed by atoms with Crippen molar-refractivity contribution in [3.05, 3.63) is 22.4 Å². The van der Waals surface area contributed by atoms with Crippen molar-refractivity contribution >= 4 is 23.4 Å². The molecule has 1 aromatic rings. The molecule has 0 spiro atoms. The van der Waals surface area contributed by atoms with Crippen LogP contribution in [0.2, 0.25) is 0 Å². The third-order valence-corrected chi connectivity index (χ3v) is 2.86. The average molecular weight is 213 g/mol. The van der Waals surface area contributed by atoms with Gasteiger partial charge in [0.15, 0.2) is 0 Å². The Morgan fingerprint density at radius 1 is 1.64 bits per heavy atom. The van der Waals surface area contributed by atoms with Crippen molar-refractivity contribution < 1.29 is 19.4 Å². The molecule has 0 bridgehead atoms. The van der Waals surface area contributed by atoms with Gasteiger partial charge in [-0.3, -0.25) is 0 Å². The van der Waals surface area contributed by atoms with Gasteiger partial charge < -0.3 is 15.2 Å². The first-order valence-electron chi connectivity index (χ1n) is 3.92. The highest BCUT2D eigenvalue weighted by Gasteiger charge is 2.40. The van der Waals surface area contributed by atoms with Crippen molar-refractivity contribution in [2.45, 2.75) is 12.1 Å². The number of hydrogen-bond acceptors (Lipinski definition) is 4. The molecule has 2 heterocycles. The number of hydrogen-bond donors (Lipinski definition) is 2. The van der Waals surface area contributed by atoms with Gasteiger partial charge in [0.05, 0.1) is 0 Å². The molecule has 2 N–H and O–H groups in total. The topological polar surface area (TPSA) is 75.6 Å². The first-order valence-corrected chi connectivity index (χ1v) is 4.80. The number of amides is 1. The number of rotatable bonds is 2. The summed E-state index contributed by atoms with van der Waals surface area (Å²) in [5, 5.41) is 13.1. The molecule has 6 heteroatoms. The maximum absolute atomic E-state index is 10.9. The van der Waals surface area contributed by atoms with Crippen molar-refractivity contribution in [1.29, 1.82) is 0 Å². The molecule has 74 valence electrons. The van der Waals surface area contributed by atoms with Crippen LogP contribution >= 0.6 is 11.3 Å². The summed E-state index contributed by atoms with van der Waals surface area (Å²) in [6.07, 6.45) is -1.81. The van der Waals surface area contributed by atoms with Crippen LogP contribution in [0.4, 0.5) is 4.79 Å². The van der Waals surface area contributed by atoms with Gasteiger partial charge in [0, 0.05) is 4.88 Å². The summed E-state index contributed by atoms with van der Waals surface area (Å²) in [7, 11) is 0. The van der Waals surface area contributed by atoms with Crippen LogP contribution < -0.4 is 5.32 Å². The van der Waals surface area contributed by atoms with Crippen LogP contribution in [0, 0.1) is 0 Å². The Bertz CT molecular complexity index is 361. The SMILES string of the molecule is O=C1NC(c2cccs2)C(C(=O)O)O1. The van der Waals surface area contributed by atoms with E-state index in [0.29, 0.717) is 0 Å². The molecule has 1 aliphatic heterocycles. The maximum Gasteiger partial charge on any atom is 0.408 e. The summed E-state index contributed by atoms with van der Waals surface area (Å²) in [4.78, 5) is 22.4. The molecule has 0 aromatic carbocycles. The van der Waals surface area contributed by atoms with Crippen molar-refractivity contribution in [2.75, 3.05) is 0 Å². The highest BCUT2D eigenvalue weighted by molar-refractivity contribution is 7.10. The van der Waals surface area contributed by atoms with E-state index < -0.39 is 24.2 Å². The van der Waals surface area contributed by atoms with E-state index >= 15 is 0 Å². The Morgan fingerprint density at radius 2 is 2.43 bits per heavy atom. The highest BCUT2D eigenvalue weighted by Crippen LogP contribution is 2.28. The first kappa shape index (κ1) is 9.01. The average Bonchev–Trinajstić information content (AvgIpc) is 2.70. The molecule has 2 rings (SSSR count). The van der Waals surface area contributed by atoms with Gasteiger partial charge in [-0.1, -0.05) is 6.07 Å². The molecular formula is C8H7NO4S. The fraction of sp³-hybridized carbons (Fsp3) is 0.250. The smallest absolute Gasteiger partial charge is 0.408 e. The van der Waals surface area contributed by atoms with Crippen LogP contribution in [-0.4, -0.2) is 23.3 Å². The van der Waals surface area contributed by atoms with E-state index in [9.17, 15) is 9.59 Å². The molecular weight excluding hydrogens is 206 g/mol.